The molecule has 1 atom stereocenters. The van der Waals surface area contributed by atoms with Gasteiger partial charge in [-0.05, 0) is 37.7 Å². The van der Waals surface area contributed by atoms with Crippen LogP contribution >= 0.6 is 11.8 Å². The van der Waals surface area contributed by atoms with Crippen LogP contribution in [0.15, 0.2) is 0 Å². The van der Waals surface area contributed by atoms with E-state index in [-0.39, 0.29) is 0 Å². The number of thioether (sulfide) groups is 1. The first-order chi connectivity index (χ1) is 9.31. The van der Waals surface area contributed by atoms with Gasteiger partial charge >= 0.3 is 6.01 Å². The maximum Gasteiger partial charge on any atom is 0.323 e. The number of rotatable bonds is 7. The molecule has 0 amide bonds. The molecule has 1 fully saturated rings. The molecule has 1 aromatic heterocycles. The lowest BCUT2D eigenvalue weighted by molar-refractivity contribution is 0.312. The van der Waals surface area contributed by atoms with Crippen LogP contribution in [-0.2, 0) is 0 Å². The quantitative estimate of drug-likeness (QED) is 0.791. The second-order valence-corrected chi connectivity index (χ2v) is 5.49. The molecule has 0 aromatic carbocycles. The first-order valence-corrected chi connectivity index (χ1v) is 7.91. The van der Waals surface area contributed by atoms with Gasteiger partial charge in [-0.3, -0.25) is 0 Å². The number of anilines is 2. The van der Waals surface area contributed by atoms with Gasteiger partial charge in [-0.2, -0.15) is 26.7 Å². The molecule has 1 unspecified atom stereocenters. The molecule has 1 aliphatic rings. The van der Waals surface area contributed by atoms with E-state index < -0.39 is 0 Å². The Morgan fingerprint density at radius 1 is 1.21 bits per heavy atom. The Labute approximate surface area is 118 Å². The maximum atomic E-state index is 5.36. The average molecular weight is 283 g/mol. The molecule has 19 heavy (non-hydrogen) atoms. The number of nitrogens with zero attached hydrogens (tertiary/aromatic N) is 3. The van der Waals surface area contributed by atoms with Crippen LogP contribution in [0.3, 0.4) is 0 Å². The van der Waals surface area contributed by atoms with E-state index in [0.29, 0.717) is 30.4 Å². The summed E-state index contributed by atoms with van der Waals surface area (Å²) in [6, 6.07) is 0.372. The summed E-state index contributed by atoms with van der Waals surface area (Å²) < 4.78 is 5.36. The normalized spacial score (nSPS) is 18.3. The van der Waals surface area contributed by atoms with E-state index in [1.165, 1.54) is 17.9 Å². The molecular weight excluding hydrogens is 262 g/mol. The molecule has 0 bridgehead atoms. The smallest absolute Gasteiger partial charge is 0.323 e. The Bertz CT molecular complexity index is 373. The summed E-state index contributed by atoms with van der Waals surface area (Å²) in [5.41, 5.74) is 0. The van der Waals surface area contributed by atoms with Crippen molar-refractivity contribution in [3.63, 3.8) is 0 Å². The van der Waals surface area contributed by atoms with Crippen LogP contribution in [0.2, 0.25) is 0 Å². The van der Waals surface area contributed by atoms with Crippen molar-refractivity contribution in [2.24, 2.45) is 5.92 Å². The second-order valence-electron chi connectivity index (χ2n) is 4.34. The molecule has 2 rings (SSSR count). The summed E-state index contributed by atoms with van der Waals surface area (Å²) in [7, 11) is 0. The lowest BCUT2D eigenvalue weighted by Gasteiger charge is -2.12. The van der Waals surface area contributed by atoms with Gasteiger partial charge in [-0.1, -0.05) is 0 Å². The van der Waals surface area contributed by atoms with Crippen LogP contribution in [0.4, 0.5) is 11.9 Å². The fourth-order valence-corrected chi connectivity index (χ4v) is 3.13. The third kappa shape index (κ3) is 4.41. The molecule has 1 aliphatic heterocycles. The molecular formula is C12H21N5OS. The van der Waals surface area contributed by atoms with Crippen molar-refractivity contribution >= 4 is 23.7 Å². The van der Waals surface area contributed by atoms with E-state index in [0.717, 1.165) is 13.1 Å². The monoisotopic (exact) mass is 283 g/mol. The second kappa shape index (κ2) is 7.37. The van der Waals surface area contributed by atoms with Crippen molar-refractivity contribution in [1.29, 1.82) is 0 Å². The standard InChI is InChI=1S/C12H21N5OS/c1-3-13-10-15-11(17-12(16-10)18-4-2)14-7-9-5-6-19-8-9/h9H,3-8H2,1-2H3,(H2,13,14,15,16,17). The zero-order chi connectivity index (χ0) is 13.5. The molecule has 1 saturated heterocycles. The Kier molecular flexibility index (Phi) is 5.50. The van der Waals surface area contributed by atoms with Crippen LogP contribution in [0.5, 0.6) is 6.01 Å². The Morgan fingerprint density at radius 2 is 2.00 bits per heavy atom. The Morgan fingerprint density at radius 3 is 2.63 bits per heavy atom. The lowest BCUT2D eigenvalue weighted by atomic mass is 10.1. The number of nitrogens with one attached hydrogen (secondary N) is 2. The van der Waals surface area contributed by atoms with Crippen LogP contribution in [-0.4, -0.2) is 46.2 Å². The van der Waals surface area contributed by atoms with Crippen molar-refractivity contribution in [3.05, 3.63) is 0 Å². The summed E-state index contributed by atoms with van der Waals surface area (Å²) in [6.45, 7) is 6.16. The number of aromatic nitrogens is 3. The van der Waals surface area contributed by atoms with E-state index in [4.69, 9.17) is 4.74 Å². The fraction of sp³-hybridized carbons (Fsp3) is 0.750. The molecule has 6 nitrogen and oxygen atoms in total. The predicted octanol–water partition coefficient (Wildman–Crippen LogP) is 1.87. The summed E-state index contributed by atoms with van der Waals surface area (Å²) >= 11 is 2.01. The van der Waals surface area contributed by atoms with Gasteiger partial charge < -0.3 is 15.4 Å². The summed E-state index contributed by atoms with van der Waals surface area (Å²) in [6.07, 6.45) is 1.27. The van der Waals surface area contributed by atoms with Crippen LogP contribution in [0.1, 0.15) is 20.3 Å². The molecule has 106 valence electrons. The van der Waals surface area contributed by atoms with Crippen LogP contribution in [0, 0.1) is 5.92 Å². The van der Waals surface area contributed by atoms with E-state index >= 15 is 0 Å². The molecule has 0 aliphatic carbocycles. The van der Waals surface area contributed by atoms with Gasteiger partial charge in [0.05, 0.1) is 6.61 Å². The van der Waals surface area contributed by atoms with Crippen molar-refractivity contribution < 1.29 is 4.74 Å². The van der Waals surface area contributed by atoms with Crippen LogP contribution in [0.25, 0.3) is 0 Å². The molecule has 2 heterocycles. The van der Waals surface area contributed by atoms with Crippen molar-refractivity contribution in [3.8, 4) is 6.01 Å². The van der Waals surface area contributed by atoms with E-state index in [2.05, 4.69) is 25.6 Å². The largest absolute Gasteiger partial charge is 0.464 e. The van der Waals surface area contributed by atoms with Crippen molar-refractivity contribution in [2.45, 2.75) is 20.3 Å². The Hall–Kier alpha value is -1.24. The minimum absolute atomic E-state index is 0.372. The summed E-state index contributed by atoms with van der Waals surface area (Å²) in [5, 5.41) is 6.38. The first-order valence-electron chi connectivity index (χ1n) is 6.76. The first kappa shape index (κ1) is 14.2. The summed E-state index contributed by atoms with van der Waals surface area (Å²) in [4.78, 5) is 12.8. The predicted molar refractivity (Wildman–Crippen MR) is 79.1 cm³/mol. The molecule has 0 saturated carbocycles. The molecule has 1 aromatic rings. The number of hydrogen-bond acceptors (Lipinski definition) is 7. The average Bonchev–Trinajstić information content (AvgIpc) is 2.90. The highest BCUT2D eigenvalue weighted by Crippen LogP contribution is 2.23. The third-order valence-corrected chi connectivity index (χ3v) is 4.03. The lowest BCUT2D eigenvalue weighted by Crippen LogP contribution is -2.17. The SMILES string of the molecule is CCNc1nc(NCC2CCSC2)nc(OCC)n1. The van der Waals surface area contributed by atoms with Crippen LogP contribution < -0.4 is 15.4 Å². The molecule has 0 radical (unpaired) electrons. The minimum atomic E-state index is 0.372. The van der Waals surface area contributed by atoms with Gasteiger partial charge in [0, 0.05) is 13.1 Å². The van der Waals surface area contributed by atoms with Crippen molar-refractivity contribution in [2.75, 3.05) is 41.8 Å². The fourth-order valence-electron chi connectivity index (χ4n) is 1.85. The molecule has 2 N–H and O–H groups in total. The van der Waals surface area contributed by atoms with Gasteiger partial charge in [0.15, 0.2) is 0 Å². The van der Waals surface area contributed by atoms with Gasteiger partial charge in [0.1, 0.15) is 0 Å². The van der Waals surface area contributed by atoms with Gasteiger partial charge in [0.2, 0.25) is 11.9 Å². The Balaban J connectivity index is 1.99. The highest BCUT2D eigenvalue weighted by molar-refractivity contribution is 7.99. The summed E-state index contributed by atoms with van der Waals surface area (Å²) in [5.74, 6) is 4.34. The molecule has 0 spiro atoms. The highest BCUT2D eigenvalue weighted by atomic mass is 32.2. The minimum Gasteiger partial charge on any atom is -0.464 e. The van der Waals surface area contributed by atoms with E-state index in [1.807, 2.05) is 25.6 Å². The van der Waals surface area contributed by atoms with Gasteiger partial charge in [0.25, 0.3) is 0 Å². The highest BCUT2D eigenvalue weighted by Gasteiger charge is 2.16. The van der Waals surface area contributed by atoms with Crippen molar-refractivity contribution in [1.82, 2.24) is 15.0 Å². The van der Waals surface area contributed by atoms with Gasteiger partial charge in [-0.15, -0.1) is 0 Å². The van der Waals surface area contributed by atoms with E-state index in [9.17, 15) is 0 Å². The maximum absolute atomic E-state index is 5.36. The zero-order valence-electron chi connectivity index (χ0n) is 11.5. The third-order valence-electron chi connectivity index (χ3n) is 2.80. The van der Waals surface area contributed by atoms with Gasteiger partial charge in [-0.25, -0.2) is 0 Å². The number of ether oxygens (including phenoxy) is 1. The molecule has 7 heteroatoms. The van der Waals surface area contributed by atoms with E-state index in [1.54, 1.807) is 0 Å². The number of hydrogen-bond donors (Lipinski definition) is 2. The topological polar surface area (TPSA) is 72.0 Å². The zero-order valence-corrected chi connectivity index (χ0v) is 12.3.